The number of anilines is 1. The van der Waals surface area contributed by atoms with Gasteiger partial charge in [-0.3, -0.25) is 0 Å². The molecule has 0 aliphatic carbocycles. The topological polar surface area (TPSA) is 81.2 Å². The van der Waals surface area contributed by atoms with Gasteiger partial charge in [0.2, 0.25) is 0 Å². The average molecular weight is 233 g/mol. The lowest BCUT2D eigenvalue weighted by Crippen LogP contribution is -2.19. The van der Waals surface area contributed by atoms with Gasteiger partial charge in [0.05, 0.1) is 13.3 Å². The van der Waals surface area contributed by atoms with Crippen LogP contribution in [0.1, 0.15) is 5.69 Å². The van der Waals surface area contributed by atoms with Crippen LogP contribution in [0.15, 0.2) is 6.20 Å². The van der Waals surface area contributed by atoms with Gasteiger partial charge in [-0.25, -0.2) is 4.98 Å². The number of hydrogen-bond acceptors (Lipinski definition) is 5. The molecule has 2 N–H and O–H groups in total. The maximum Gasteiger partial charge on any atom is 0.573 e. The second-order valence-corrected chi connectivity index (χ2v) is 2.58. The quantitative estimate of drug-likeness (QED) is 0.835. The van der Waals surface area contributed by atoms with Crippen LogP contribution >= 0.6 is 0 Å². The monoisotopic (exact) mass is 233 g/mol. The van der Waals surface area contributed by atoms with Gasteiger partial charge in [-0.15, -0.1) is 13.2 Å². The molecular weight excluding hydrogens is 227 g/mol. The summed E-state index contributed by atoms with van der Waals surface area (Å²) in [5, 5.41) is 8.53. The SMILES string of the molecule is COc1cnc(C#N)c(N)c1OC(F)(F)F. The molecule has 8 heteroatoms. The third-order valence-corrected chi connectivity index (χ3v) is 1.58. The van der Waals surface area contributed by atoms with Crippen molar-refractivity contribution in [2.75, 3.05) is 12.8 Å². The van der Waals surface area contributed by atoms with Crippen LogP contribution in [0.5, 0.6) is 11.5 Å². The Morgan fingerprint density at radius 2 is 2.12 bits per heavy atom. The maximum absolute atomic E-state index is 12.0. The number of hydrogen-bond donors (Lipinski definition) is 1. The van der Waals surface area contributed by atoms with Gasteiger partial charge < -0.3 is 15.2 Å². The largest absolute Gasteiger partial charge is 0.573 e. The van der Waals surface area contributed by atoms with Crippen molar-refractivity contribution in [3.63, 3.8) is 0 Å². The summed E-state index contributed by atoms with van der Waals surface area (Å²) in [4.78, 5) is 3.50. The Morgan fingerprint density at radius 1 is 1.50 bits per heavy atom. The minimum absolute atomic E-state index is 0.297. The Bertz CT molecular complexity index is 439. The maximum atomic E-state index is 12.0. The molecule has 0 saturated carbocycles. The number of nitriles is 1. The van der Waals surface area contributed by atoms with Crippen LogP contribution < -0.4 is 15.2 Å². The highest BCUT2D eigenvalue weighted by Gasteiger charge is 2.34. The number of nitrogens with zero attached hydrogens (tertiary/aromatic N) is 2. The number of methoxy groups -OCH3 is 1. The molecule has 1 heterocycles. The van der Waals surface area contributed by atoms with Gasteiger partial charge >= 0.3 is 6.36 Å². The van der Waals surface area contributed by atoms with E-state index in [2.05, 4.69) is 14.5 Å². The van der Waals surface area contributed by atoms with Crippen LogP contribution in [0.2, 0.25) is 0 Å². The molecule has 16 heavy (non-hydrogen) atoms. The minimum Gasteiger partial charge on any atom is -0.491 e. The highest BCUT2D eigenvalue weighted by Crippen LogP contribution is 2.37. The smallest absolute Gasteiger partial charge is 0.491 e. The van der Waals surface area contributed by atoms with E-state index in [0.717, 1.165) is 13.3 Å². The molecule has 0 bridgehead atoms. The molecule has 1 aromatic rings. The molecule has 0 saturated heterocycles. The summed E-state index contributed by atoms with van der Waals surface area (Å²) in [7, 11) is 1.13. The Balaban J connectivity index is 3.28. The second-order valence-electron chi connectivity index (χ2n) is 2.58. The zero-order valence-corrected chi connectivity index (χ0v) is 8.00. The Hall–Kier alpha value is -2.17. The summed E-state index contributed by atoms with van der Waals surface area (Å²) in [6, 6.07) is 1.53. The van der Waals surface area contributed by atoms with E-state index < -0.39 is 17.8 Å². The number of aromatic nitrogens is 1. The molecule has 0 aliphatic heterocycles. The van der Waals surface area contributed by atoms with Crippen molar-refractivity contribution < 1.29 is 22.6 Å². The standard InChI is InChI=1S/C8H6F3N3O2/c1-15-5-3-14-4(2-12)6(13)7(5)16-8(9,10)11/h3H,13H2,1H3. The summed E-state index contributed by atoms with van der Waals surface area (Å²) >= 11 is 0. The molecular formula is C8H6F3N3O2. The number of nitrogen functional groups attached to an aromatic ring is 1. The van der Waals surface area contributed by atoms with Crippen LogP contribution in [0.4, 0.5) is 18.9 Å². The molecule has 0 aliphatic rings. The number of alkyl halides is 3. The average Bonchev–Trinajstić information content (AvgIpc) is 2.19. The molecule has 86 valence electrons. The molecule has 1 aromatic heterocycles. The minimum atomic E-state index is -4.92. The van der Waals surface area contributed by atoms with E-state index in [4.69, 9.17) is 11.0 Å². The summed E-state index contributed by atoms with van der Waals surface area (Å²) in [6.45, 7) is 0. The van der Waals surface area contributed by atoms with E-state index in [9.17, 15) is 13.2 Å². The molecule has 0 atom stereocenters. The lowest BCUT2D eigenvalue weighted by molar-refractivity contribution is -0.274. The van der Waals surface area contributed by atoms with Gasteiger partial charge in [0, 0.05) is 0 Å². The van der Waals surface area contributed by atoms with Gasteiger partial charge in [0.1, 0.15) is 11.8 Å². The van der Waals surface area contributed by atoms with Crippen molar-refractivity contribution in [2.45, 2.75) is 6.36 Å². The summed E-state index contributed by atoms with van der Waals surface area (Å²) in [6.07, 6.45) is -3.99. The predicted octanol–water partition coefficient (Wildman–Crippen LogP) is 1.44. The first-order chi connectivity index (χ1) is 7.39. The molecule has 0 radical (unpaired) electrons. The molecule has 0 unspecified atom stereocenters. The van der Waals surface area contributed by atoms with E-state index in [1.807, 2.05) is 0 Å². The first-order valence-electron chi connectivity index (χ1n) is 3.87. The van der Waals surface area contributed by atoms with Crippen LogP contribution in [-0.2, 0) is 0 Å². The normalized spacial score (nSPS) is 10.7. The Labute approximate surface area is 88.2 Å². The highest BCUT2D eigenvalue weighted by atomic mass is 19.4. The van der Waals surface area contributed by atoms with Crippen LogP contribution in [-0.4, -0.2) is 18.5 Å². The molecule has 0 aromatic carbocycles. The molecule has 5 nitrogen and oxygen atoms in total. The van der Waals surface area contributed by atoms with E-state index in [0.29, 0.717) is 0 Å². The summed E-state index contributed by atoms with van der Waals surface area (Å²) in [5.74, 6) is -1.06. The molecule has 0 amide bonds. The lowest BCUT2D eigenvalue weighted by atomic mass is 10.3. The van der Waals surface area contributed by atoms with Gasteiger partial charge in [0.25, 0.3) is 0 Å². The van der Waals surface area contributed by atoms with E-state index in [1.54, 1.807) is 0 Å². The Morgan fingerprint density at radius 3 is 2.56 bits per heavy atom. The van der Waals surface area contributed by atoms with Crippen LogP contribution in [0.3, 0.4) is 0 Å². The van der Waals surface area contributed by atoms with Crippen molar-refractivity contribution in [1.82, 2.24) is 4.98 Å². The number of rotatable bonds is 2. The summed E-state index contributed by atoms with van der Waals surface area (Å²) in [5.41, 5.74) is 4.41. The van der Waals surface area contributed by atoms with E-state index in [1.165, 1.54) is 6.07 Å². The third kappa shape index (κ3) is 2.44. The number of nitrogens with two attached hydrogens (primary N) is 1. The summed E-state index contributed by atoms with van der Waals surface area (Å²) < 4.78 is 44.4. The van der Waals surface area contributed by atoms with Gasteiger partial charge in [0.15, 0.2) is 17.2 Å². The molecule has 0 fully saturated rings. The number of halogens is 3. The van der Waals surface area contributed by atoms with Gasteiger partial charge in [-0.2, -0.15) is 5.26 Å². The van der Waals surface area contributed by atoms with E-state index >= 15 is 0 Å². The first-order valence-corrected chi connectivity index (χ1v) is 3.87. The second kappa shape index (κ2) is 4.14. The van der Waals surface area contributed by atoms with Crippen molar-refractivity contribution in [1.29, 1.82) is 5.26 Å². The molecule has 0 spiro atoms. The van der Waals surface area contributed by atoms with Crippen molar-refractivity contribution in [3.8, 4) is 17.6 Å². The zero-order valence-electron chi connectivity index (χ0n) is 8.00. The van der Waals surface area contributed by atoms with Gasteiger partial charge in [-0.1, -0.05) is 0 Å². The highest BCUT2D eigenvalue weighted by molar-refractivity contribution is 5.65. The van der Waals surface area contributed by atoms with Gasteiger partial charge in [-0.05, 0) is 0 Å². The lowest BCUT2D eigenvalue weighted by Gasteiger charge is -2.14. The third-order valence-electron chi connectivity index (χ3n) is 1.58. The van der Waals surface area contributed by atoms with E-state index in [-0.39, 0.29) is 11.4 Å². The fraction of sp³-hybridized carbons (Fsp3) is 0.250. The Kier molecular flexibility index (Phi) is 3.08. The van der Waals surface area contributed by atoms with Crippen LogP contribution in [0, 0.1) is 11.3 Å². The zero-order chi connectivity index (χ0) is 12.3. The van der Waals surface area contributed by atoms with Crippen molar-refractivity contribution >= 4 is 5.69 Å². The first kappa shape index (κ1) is 11.9. The van der Waals surface area contributed by atoms with Crippen LogP contribution in [0.25, 0.3) is 0 Å². The number of pyridine rings is 1. The van der Waals surface area contributed by atoms with Crippen molar-refractivity contribution in [3.05, 3.63) is 11.9 Å². The predicted molar refractivity (Wildman–Crippen MR) is 46.6 cm³/mol. The van der Waals surface area contributed by atoms with Crippen molar-refractivity contribution in [2.24, 2.45) is 0 Å². The fourth-order valence-corrected chi connectivity index (χ4v) is 0.947. The fourth-order valence-electron chi connectivity index (χ4n) is 0.947. The number of ether oxygens (including phenoxy) is 2. The molecule has 1 rings (SSSR count).